The Morgan fingerprint density at radius 1 is 0.950 bits per heavy atom. The molecule has 0 aliphatic carbocycles. The lowest BCUT2D eigenvalue weighted by Crippen LogP contribution is -2.02. The van der Waals surface area contributed by atoms with E-state index in [1.54, 1.807) is 0 Å². The zero-order valence-corrected chi connectivity index (χ0v) is 12.4. The molecule has 3 rings (SSSR count). The molecule has 1 heterocycles. The molecule has 2 aromatic carbocycles. The molecule has 1 aromatic heterocycles. The number of rotatable bonds is 4. The molecular formula is C16H14BrN3. The molecule has 0 spiro atoms. The molecule has 0 bridgehead atoms. The second-order valence-corrected chi connectivity index (χ2v) is 5.27. The van der Waals surface area contributed by atoms with Crippen LogP contribution in [-0.4, -0.2) is 9.78 Å². The zero-order valence-electron chi connectivity index (χ0n) is 10.8. The summed E-state index contributed by atoms with van der Waals surface area (Å²) < 4.78 is 2.94. The lowest BCUT2D eigenvalue weighted by molar-refractivity contribution is 0.844. The molecule has 0 saturated heterocycles. The van der Waals surface area contributed by atoms with Crippen LogP contribution in [0.5, 0.6) is 0 Å². The molecule has 1 N–H and O–H groups in total. The van der Waals surface area contributed by atoms with E-state index in [1.165, 1.54) is 0 Å². The molecule has 3 aromatic rings. The number of hydrogen-bond donors (Lipinski definition) is 1. The highest BCUT2D eigenvalue weighted by molar-refractivity contribution is 9.10. The van der Waals surface area contributed by atoms with Crippen molar-refractivity contribution >= 4 is 21.6 Å². The van der Waals surface area contributed by atoms with Crippen molar-refractivity contribution in [2.24, 2.45) is 0 Å². The highest BCUT2D eigenvalue weighted by Gasteiger charge is 2.02. The second-order valence-electron chi connectivity index (χ2n) is 4.42. The van der Waals surface area contributed by atoms with Crippen molar-refractivity contribution in [1.82, 2.24) is 9.78 Å². The van der Waals surface area contributed by atoms with E-state index in [2.05, 4.69) is 26.3 Å². The van der Waals surface area contributed by atoms with Crippen LogP contribution in [0.3, 0.4) is 0 Å². The monoisotopic (exact) mass is 327 g/mol. The van der Waals surface area contributed by atoms with Crippen molar-refractivity contribution in [2.75, 3.05) is 5.32 Å². The van der Waals surface area contributed by atoms with Gasteiger partial charge in [-0.05, 0) is 46.3 Å². The highest BCUT2D eigenvalue weighted by atomic mass is 79.9. The van der Waals surface area contributed by atoms with Gasteiger partial charge in [-0.15, -0.1) is 0 Å². The van der Waals surface area contributed by atoms with Gasteiger partial charge in [-0.25, -0.2) is 4.68 Å². The van der Waals surface area contributed by atoms with Crippen LogP contribution in [0, 0.1) is 0 Å². The summed E-state index contributed by atoms with van der Waals surface area (Å²) in [7, 11) is 0. The summed E-state index contributed by atoms with van der Waals surface area (Å²) >= 11 is 3.52. The summed E-state index contributed by atoms with van der Waals surface area (Å²) in [4.78, 5) is 0. The molecule has 0 unspecified atom stereocenters. The van der Waals surface area contributed by atoms with E-state index in [1.807, 2.05) is 71.5 Å². The van der Waals surface area contributed by atoms with Crippen molar-refractivity contribution in [2.45, 2.75) is 6.54 Å². The Kier molecular flexibility index (Phi) is 3.83. The standard InChI is InChI=1S/C16H14BrN3/c17-15-8-4-5-9-16(15)18-12-13-10-11-20(19-13)14-6-2-1-3-7-14/h1-11,18H,12H2. The number of nitrogens with zero attached hydrogens (tertiary/aromatic N) is 2. The van der Waals surface area contributed by atoms with Crippen molar-refractivity contribution in [3.05, 3.63) is 77.0 Å². The molecule has 0 aliphatic rings. The van der Waals surface area contributed by atoms with Crippen LogP contribution in [0.2, 0.25) is 0 Å². The van der Waals surface area contributed by atoms with E-state index in [0.717, 1.165) is 21.5 Å². The van der Waals surface area contributed by atoms with E-state index in [-0.39, 0.29) is 0 Å². The molecule has 100 valence electrons. The summed E-state index contributed by atoms with van der Waals surface area (Å²) in [6, 6.07) is 20.2. The van der Waals surface area contributed by atoms with Gasteiger partial charge in [0, 0.05) is 16.4 Å². The number of benzene rings is 2. The molecule has 3 nitrogen and oxygen atoms in total. The number of aromatic nitrogens is 2. The molecule has 0 aliphatic heterocycles. The van der Waals surface area contributed by atoms with E-state index < -0.39 is 0 Å². The Balaban J connectivity index is 1.71. The van der Waals surface area contributed by atoms with Gasteiger partial charge in [0.25, 0.3) is 0 Å². The number of hydrogen-bond acceptors (Lipinski definition) is 2. The Labute approximate surface area is 126 Å². The van der Waals surface area contributed by atoms with E-state index in [4.69, 9.17) is 0 Å². The first-order valence-corrected chi connectivity index (χ1v) is 7.20. The molecule has 0 fully saturated rings. The van der Waals surface area contributed by atoms with Gasteiger partial charge < -0.3 is 5.32 Å². The van der Waals surface area contributed by atoms with Crippen molar-refractivity contribution in [3.8, 4) is 5.69 Å². The van der Waals surface area contributed by atoms with Crippen LogP contribution >= 0.6 is 15.9 Å². The maximum absolute atomic E-state index is 4.56. The van der Waals surface area contributed by atoms with E-state index >= 15 is 0 Å². The van der Waals surface area contributed by atoms with E-state index in [9.17, 15) is 0 Å². The lowest BCUT2D eigenvalue weighted by atomic mass is 10.3. The molecule has 0 atom stereocenters. The Morgan fingerprint density at radius 3 is 2.50 bits per heavy atom. The maximum Gasteiger partial charge on any atom is 0.0819 e. The van der Waals surface area contributed by atoms with Gasteiger partial charge in [-0.1, -0.05) is 30.3 Å². The fraction of sp³-hybridized carbons (Fsp3) is 0.0625. The Morgan fingerprint density at radius 2 is 1.70 bits per heavy atom. The number of nitrogens with one attached hydrogen (secondary N) is 1. The fourth-order valence-electron chi connectivity index (χ4n) is 1.97. The molecule has 0 saturated carbocycles. The average molecular weight is 328 g/mol. The zero-order chi connectivity index (χ0) is 13.8. The Bertz CT molecular complexity index is 692. The largest absolute Gasteiger partial charge is 0.378 e. The van der Waals surface area contributed by atoms with Crippen LogP contribution < -0.4 is 5.32 Å². The van der Waals surface area contributed by atoms with Crippen molar-refractivity contribution < 1.29 is 0 Å². The number of para-hydroxylation sites is 2. The molecule has 20 heavy (non-hydrogen) atoms. The summed E-state index contributed by atoms with van der Waals surface area (Å²) in [5.74, 6) is 0. The minimum absolute atomic E-state index is 0.697. The average Bonchev–Trinajstić information content (AvgIpc) is 2.96. The molecule has 0 radical (unpaired) electrons. The first-order valence-electron chi connectivity index (χ1n) is 6.41. The second kappa shape index (κ2) is 5.92. The van der Waals surface area contributed by atoms with Gasteiger partial charge in [0.1, 0.15) is 0 Å². The van der Waals surface area contributed by atoms with Crippen LogP contribution in [0.25, 0.3) is 5.69 Å². The van der Waals surface area contributed by atoms with Gasteiger partial charge in [-0.2, -0.15) is 5.10 Å². The van der Waals surface area contributed by atoms with E-state index in [0.29, 0.717) is 6.54 Å². The summed E-state index contributed by atoms with van der Waals surface area (Å²) in [5.41, 5.74) is 3.14. The van der Waals surface area contributed by atoms with Gasteiger partial charge in [0.2, 0.25) is 0 Å². The van der Waals surface area contributed by atoms with Crippen LogP contribution in [0.1, 0.15) is 5.69 Å². The number of halogens is 1. The lowest BCUT2D eigenvalue weighted by Gasteiger charge is -2.06. The van der Waals surface area contributed by atoms with Gasteiger partial charge in [-0.3, -0.25) is 0 Å². The summed E-state index contributed by atoms with van der Waals surface area (Å²) in [6.07, 6.45) is 1.98. The molecular weight excluding hydrogens is 314 g/mol. The summed E-state index contributed by atoms with van der Waals surface area (Å²) in [6.45, 7) is 0.697. The molecule has 4 heteroatoms. The third-order valence-electron chi connectivity index (χ3n) is 3.00. The minimum atomic E-state index is 0.697. The highest BCUT2D eigenvalue weighted by Crippen LogP contribution is 2.21. The van der Waals surface area contributed by atoms with Crippen molar-refractivity contribution in [3.63, 3.8) is 0 Å². The predicted molar refractivity (Wildman–Crippen MR) is 85.0 cm³/mol. The Hall–Kier alpha value is -2.07. The minimum Gasteiger partial charge on any atom is -0.378 e. The van der Waals surface area contributed by atoms with Gasteiger partial charge in [0.15, 0.2) is 0 Å². The third kappa shape index (κ3) is 2.91. The maximum atomic E-state index is 4.56. The van der Waals surface area contributed by atoms with Crippen molar-refractivity contribution in [1.29, 1.82) is 0 Å². The van der Waals surface area contributed by atoms with Gasteiger partial charge >= 0.3 is 0 Å². The third-order valence-corrected chi connectivity index (χ3v) is 3.69. The number of anilines is 1. The first-order chi connectivity index (χ1) is 9.83. The first kappa shape index (κ1) is 12.9. The normalized spacial score (nSPS) is 10.4. The smallest absolute Gasteiger partial charge is 0.0819 e. The quantitative estimate of drug-likeness (QED) is 0.776. The topological polar surface area (TPSA) is 29.9 Å². The predicted octanol–water partition coefficient (Wildman–Crippen LogP) is 4.25. The fourth-order valence-corrected chi connectivity index (χ4v) is 2.40. The van der Waals surface area contributed by atoms with Crippen LogP contribution in [-0.2, 0) is 6.54 Å². The SMILES string of the molecule is Brc1ccccc1NCc1ccn(-c2ccccc2)n1. The molecule has 0 amide bonds. The van der Waals surface area contributed by atoms with Gasteiger partial charge in [0.05, 0.1) is 17.9 Å². The van der Waals surface area contributed by atoms with Crippen LogP contribution in [0.4, 0.5) is 5.69 Å². The van der Waals surface area contributed by atoms with Crippen LogP contribution in [0.15, 0.2) is 71.3 Å². The summed E-state index contributed by atoms with van der Waals surface area (Å²) in [5, 5.41) is 7.94.